The lowest BCUT2D eigenvalue weighted by atomic mass is 10.0. The number of ether oxygens (including phenoxy) is 2. The number of amides is 5. The summed E-state index contributed by atoms with van der Waals surface area (Å²) in [4.78, 5) is 73.8. The number of hydrogen-bond acceptors (Lipinski definition) is 9. The maximum Gasteiger partial charge on any atom is 0.418 e. The summed E-state index contributed by atoms with van der Waals surface area (Å²) in [6, 6.07) is 16.1. The molecule has 1 atom stereocenters. The van der Waals surface area contributed by atoms with Gasteiger partial charge in [0.2, 0.25) is 5.91 Å². The Morgan fingerprint density at radius 1 is 0.883 bits per heavy atom. The molecular weight excluding hydrogens is 807 g/mol. The molecule has 4 aliphatic heterocycles. The van der Waals surface area contributed by atoms with E-state index in [1.807, 2.05) is 29.2 Å². The first-order valence-corrected chi connectivity index (χ1v) is 20.5. The Morgan fingerprint density at radius 3 is 2.28 bits per heavy atom. The maximum atomic E-state index is 14.1. The van der Waals surface area contributed by atoms with E-state index in [0.29, 0.717) is 64.0 Å². The van der Waals surface area contributed by atoms with Crippen LogP contribution in [0.5, 0.6) is 0 Å². The number of likely N-dealkylation sites (tertiary alicyclic amines) is 2. The molecule has 3 aromatic carbocycles. The molecule has 0 unspecified atom stereocenters. The molecule has 7 rings (SSSR count). The van der Waals surface area contributed by atoms with Crippen LogP contribution in [0.3, 0.4) is 0 Å². The van der Waals surface area contributed by atoms with Crippen molar-refractivity contribution in [3.05, 3.63) is 87.9 Å². The lowest BCUT2D eigenvalue weighted by molar-refractivity contribution is -0.141. The van der Waals surface area contributed by atoms with Gasteiger partial charge < -0.3 is 45.0 Å². The Hall–Kier alpha value is -5.71. The van der Waals surface area contributed by atoms with Crippen molar-refractivity contribution >= 4 is 58.6 Å². The number of para-hydroxylation sites is 1. The van der Waals surface area contributed by atoms with Gasteiger partial charge in [-0.25, -0.2) is 14.4 Å². The first kappa shape index (κ1) is 42.4. The normalized spacial score (nSPS) is 18.2. The average Bonchev–Trinajstić information content (AvgIpc) is 3.57. The fourth-order valence-corrected chi connectivity index (χ4v) is 8.43. The highest BCUT2D eigenvalue weighted by Crippen LogP contribution is 2.38. The topological polar surface area (TPSA) is 158 Å². The van der Waals surface area contributed by atoms with E-state index in [1.54, 1.807) is 34.1 Å². The molecule has 14 nitrogen and oxygen atoms in total. The van der Waals surface area contributed by atoms with Crippen LogP contribution < -0.4 is 16.0 Å². The van der Waals surface area contributed by atoms with Crippen LogP contribution in [0.2, 0.25) is 5.02 Å². The van der Waals surface area contributed by atoms with Gasteiger partial charge in [-0.2, -0.15) is 13.2 Å². The van der Waals surface area contributed by atoms with Crippen LogP contribution >= 0.6 is 11.6 Å². The Bertz CT molecular complexity index is 2090. The van der Waals surface area contributed by atoms with Crippen molar-refractivity contribution in [3.63, 3.8) is 0 Å². The molecular formula is C42H47ClF3N7O7. The Balaban J connectivity index is 0.976. The number of anilines is 3. The standard InChI is InChI=1S/C42H47ClF3N7O7/c43-33-25-27(24-32(37(33)47)42(44,45)46)26-35(60-41(58)52-15-12-31(13-16-52)53-17-11-28-4-1-2-5-34(28)48-40(53)57)38(55)51-20-18-49(19-21-51)30-9-7-29(8-10-30)39(56)59-23-22-50-14-3-6-36(50)54/h1-2,4-5,7-10,24-25,31,35H,3,6,11-23,26,47H2,(H,48,57)/t35-/m1/s1. The smallest absolute Gasteiger partial charge is 0.418 e. The summed E-state index contributed by atoms with van der Waals surface area (Å²) >= 11 is 6.13. The summed E-state index contributed by atoms with van der Waals surface area (Å²) in [5.74, 6) is -1.02. The fourth-order valence-electron chi connectivity index (χ4n) is 8.18. The van der Waals surface area contributed by atoms with E-state index in [-0.39, 0.29) is 67.8 Å². The van der Waals surface area contributed by atoms with Crippen LogP contribution in [0.25, 0.3) is 0 Å². The Labute approximate surface area is 350 Å². The van der Waals surface area contributed by atoms with Gasteiger partial charge in [-0.1, -0.05) is 29.8 Å². The zero-order valence-corrected chi connectivity index (χ0v) is 33.7. The molecule has 3 fully saturated rings. The number of nitrogen functional groups attached to an aromatic ring is 1. The zero-order valence-electron chi connectivity index (χ0n) is 32.9. The van der Waals surface area contributed by atoms with Crippen LogP contribution in [0.1, 0.15) is 52.7 Å². The Kier molecular flexibility index (Phi) is 12.9. The number of piperazine rings is 1. The molecule has 5 amide bonds. The minimum absolute atomic E-state index is 0.0151. The maximum absolute atomic E-state index is 14.1. The second-order valence-electron chi connectivity index (χ2n) is 15.3. The zero-order chi connectivity index (χ0) is 42.6. The molecule has 4 heterocycles. The minimum Gasteiger partial charge on any atom is -0.460 e. The predicted molar refractivity (Wildman–Crippen MR) is 217 cm³/mol. The molecule has 320 valence electrons. The third kappa shape index (κ3) is 9.83. The van der Waals surface area contributed by atoms with Gasteiger partial charge >= 0.3 is 24.3 Å². The van der Waals surface area contributed by atoms with Gasteiger partial charge in [-0.05, 0) is 79.3 Å². The highest BCUT2D eigenvalue weighted by molar-refractivity contribution is 6.33. The fraction of sp³-hybridized carbons (Fsp3) is 0.452. The summed E-state index contributed by atoms with van der Waals surface area (Å²) < 4.78 is 52.9. The molecule has 0 aliphatic carbocycles. The summed E-state index contributed by atoms with van der Waals surface area (Å²) in [6.45, 7) is 3.30. The van der Waals surface area contributed by atoms with Gasteiger partial charge in [-0.3, -0.25) is 9.59 Å². The molecule has 4 aliphatic rings. The summed E-state index contributed by atoms with van der Waals surface area (Å²) in [5, 5.41) is 2.63. The number of carbonyl (C=O) groups excluding carboxylic acids is 5. The van der Waals surface area contributed by atoms with Gasteiger partial charge in [0, 0.05) is 82.6 Å². The number of nitrogens with one attached hydrogen (secondary N) is 1. The van der Waals surface area contributed by atoms with Crippen molar-refractivity contribution in [2.45, 2.75) is 56.8 Å². The number of nitrogens with zero attached hydrogens (tertiary/aromatic N) is 5. The SMILES string of the molecule is Nc1c(Cl)cc(C[C@@H](OC(=O)N2CCC(N3CCc4ccccc4NC3=O)CC2)C(=O)N2CCN(c3ccc(C(=O)OCCN4CCCC4=O)cc3)CC2)cc1C(F)(F)F. The van der Waals surface area contributed by atoms with Gasteiger partial charge in [0.1, 0.15) is 6.61 Å². The van der Waals surface area contributed by atoms with Gasteiger partial charge in [0.05, 0.1) is 28.4 Å². The van der Waals surface area contributed by atoms with Crippen molar-refractivity contribution < 1.29 is 46.6 Å². The number of piperidine rings is 1. The number of hydrogen-bond donors (Lipinski definition) is 2. The van der Waals surface area contributed by atoms with Crippen LogP contribution in [-0.4, -0.2) is 127 Å². The van der Waals surface area contributed by atoms with E-state index >= 15 is 0 Å². The number of esters is 1. The lowest BCUT2D eigenvalue weighted by Crippen LogP contribution is -2.54. The second-order valence-corrected chi connectivity index (χ2v) is 15.7. The molecule has 3 saturated heterocycles. The number of alkyl halides is 3. The van der Waals surface area contributed by atoms with Crippen LogP contribution in [0.15, 0.2) is 60.7 Å². The van der Waals surface area contributed by atoms with Gasteiger partial charge in [0.25, 0.3) is 5.91 Å². The molecule has 0 aromatic heterocycles. The average molecular weight is 854 g/mol. The minimum atomic E-state index is -4.82. The monoisotopic (exact) mass is 853 g/mol. The van der Waals surface area contributed by atoms with Crippen molar-refractivity contribution in [1.82, 2.24) is 19.6 Å². The quantitative estimate of drug-likeness (QED) is 0.194. The lowest BCUT2D eigenvalue weighted by Gasteiger charge is -2.39. The number of carbonyl (C=O) groups is 5. The summed E-state index contributed by atoms with van der Waals surface area (Å²) in [7, 11) is 0. The van der Waals surface area contributed by atoms with Gasteiger partial charge in [0.15, 0.2) is 6.10 Å². The third-order valence-electron chi connectivity index (χ3n) is 11.6. The number of benzene rings is 3. The molecule has 0 spiro atoms. The molecule has 0 radical (unpaired) electrons. The van der Waals surface area contributed by atoms with Gasteiger partial charge in [-0.15, -0.1) is 0 Å². The Morgan fingerprint density at radius 2 is 1.60 bits per heavy atom. The molecule has 60 heavy (non-hydrogen) atoms. The first-order chi connectivity index (χ1) is 28.7. The van der Waals surface area contributed by atoms with Crippen molar-refractivity contribution in [1.29, 1.82) is 0 Å². The first-order valence-electron chi connectivity index (χ1n) is 20.1. The van der Waals surface area contributed by atoms with Crippen LogP contribution in [0, 0.1) is 0 Å². The molecule has 0 bridgehead atoms. The number of halogens is 4. The van der Waals surface area contributed by atoms with E-state index in [2.05, 4.69) is 5.32 Å². The van der Waals surface area contributed by atoms with Crippen molar-refractivity contribution in [3.8, 4) is 0 Å². The van der Waals surface area contributed by atoms with E-state index in [1.165, 1.54) is 15.9 Å². The molecule has 3 aromatic rings. The largest absolute Gasteiger partial charge is 0.460 e. The highest BCUT2D eigenvalue weighted by atomic mass is 35.5. The summed E-state index contributed by atoms with van der Waals surface area (Å²) in [5.41, 5.74) is 6.84. The molecule has 18 heteroatoms. The van der Waals surface area contributed by atoms with E-state index in [0.717, 1.165) is 29.4 Å². The van der Waals surface area contributed by atoms with Crippen molar-refractivity contribution in [2.24, 2.45) is 0 Å². The molecule has 3 N–H and O–H groups in total. The number of urea groups is 1. The van der Waals surface area contributed by atoms with Crippen LogP contribution in [-0.2, 0) is 38.1 Å². The van der Waals surface area contributed by atoms with Crippen LogP contribution in [0.4, 0.5) is 39.8 Å². The number of nitrogens with two attached hydrogens (primary N) is 1. The van der Waals surface area contributed by atoms with E-state index in [4.69, 9.17) is 26.8 Å². The summed E-state index contributed by atoms with van der Waals surface area (Å²) in [6.07, 6.45) is -4.56. The van der Waals surface area contributed by atoms with E-state index < -0.39 is 41.5 Å². The third-order valence-corrected chi connectivity index (χ3v) is 11.9. The number of fused-ring (bicyclic) bond motifs is 1. The van der Waals surface area contributed by atoms with Crippen molar-refractivity contribution in [2.75, 3.05) is 81.5 Å². The predicted octanol–water partition coefficient (Wildman–Crippen LogP) is 5.67. The molecule has 0 saturated carbocycles. The number of rotatable bonds is 10. The highest BCUT2D eigenvalue weighted by Gasteiger charge is 2.38. The second kappa shape index (κ2) is 18.3. The van der Waals surface area contributed by atoms with E-state index in [9.17, 15) is 37.1 Å².